The van der Waals surface area contributed by atoms with E-state index in [2.05, 4.69) is 19.8 Å². The summed E-state index contributed by atoms with van der Waals surface area (Å²) in [5, 5.41) is 3.51. The zero-order valence-electron chi connectivity index (χ0n) is 29.6. The first kappa shape index (κ1) is 37.6. The lowest BCUT2D eigenvalue weighted by atomic mass is 9.90. The molecule has 2 aliphatic heterocycles. The Morgan fingerprint density at radius 3 is 2.46 bits per heavy atom. The van der Waals surface area contributed by atoms with Gasteiger partial charge in [0.05, 0.1) is 34.3 Å². The Hall–Kier alpha value is -4.67. The molecule has 3 aromatic rings. The molecule has 1 aromatic carbocycles. The Morgan fingerprint density at radius 1 is 1.04 bits per heavy atom. The number of ketones is 2. The first-order chi connectivity index (χ1) is 25.6. The summed E-state index contributed by atoms with van der Waals surface area (Å²) in [4.78, 5) is 65.1. The van der Waals surface area contributed by atoms with Crippen LogP contribution in [0, 0.1) is 17.3 Å². The van der Waals surface area contributed by atoms with Crippen molar-refractivity contribution in [2.24, 2.45) is 24.3 Å². The van der Waals surface area contributed by atoms with Crippen LogP contribution in [-0.2, 0) is 37.6 Å². The number of para-hydroxylation sites is 2. The molecule has 5 atom stereocenters. The molecule has 2 saturated carbocycles. The maximum atomic E-state index is 14.5. The molecular weight excluding hydrogens is 730 g/mol. The van der Waals surface area contributed by atoms with Crippen LogP contribution < -0.4 is 9.46 Å². The van der Waals surface area contributed by atoms with Crippen molar-refractivity contribution in [2.75, 3.05) is 6.54 Å². The van der Waals surface area contributed by atoms with Gasteiger partial charge in [-0.2, -0.15) is 18.3 Å². The van der Waals surface area contributed by atoms with Gasteiger partial charge in [0.25, 0.3) is 0 Å². The molecule has 13 nitrogen and oxygen atoms in total. The monoisotopic (exact) mass is 770 g/mol. The van der Waals surface area contributed by atoms with Crippen molar-refractivity contribution < 1.29 is 45.5 Å². The van der Waals surface area contributed by atoms with Crippen LogP contribution in [0.1, 0.15) is 86.8 Å². The summed E-state index contributed by atoms with van der Waals surface area (Å²) in [7, 11) is -2.28. The lowest BCUT2D eigenvalue weighted by Gasteiger charge is -2.29. The number of fused-ring (bicyclic) bond motifs is 3. The third-order valence-corrected chi connectivity index (χ3v) is 12.7. The molecule has 2 amide bonds. The lowest BCUT2D eigenvalue weighted by molar-refractivity contribution is -0.143. The van der Waals surface area contributed by atoms with Crippen LogP contribution in [0.15, 0.2) is 48.7 Å². The second kappa shape index (κ2) is 14.5. The van der Waals surface area contributed by atoms with Crippen molar-refractivity contribution in [1.82, 2.24) is 29.4 Å². The van der Waals surface area contributed by atoms with Gasteiger partial charge in [0.15, 0.2) is 11.6 Å². The van der Waals surface area contributed by atoms with Crippen LogP contribution in [0.2, 0.25) is 0 Å². The van der Waals surface area contributed by atoms with E-state index in [4.69, 9.17) is 4.74 Å². The summed E-state index contributed by atoms with van der Waals surface area (Å²) >= 11 is 0. The zero-order chi connectivity index (χ0) is 38.4. The number of aryl methyl sites for hydroxylation is 1. The van der Waals surface area contributed by atoms with E-state index < -0.39 is 86.4 Å². The summed E-state index contributed by atoms with van der Waals surface area (Å²) in [5.41, 5.74) is -2.42. The number of hydrogen-bond acceptors (Lipinski definition) is 10. The molecule has 0 spiro atoms. The molecule has 0 bridgehead atoms. The number of nitrogens with one attached hydrogen (secondary N) is 1. The van der Waals surface area contributed by atoms with E-state index >= 15 is 0 Å². The van der Waals surface area contributed by atoms with Crippen LogP contribution in [0.25, 0.3) is 11.0 Å². The highest BCUT2D eigenvalue weighted by Gasteiger charge is 2.61. The van der Waals surface area contributed by atoms with Crippen molar-refractivity contribution in [1.29, 1.82) is 0 Å². The van der Waals surface area contributed by atoms with Gasteiger partial charge in [0, 0.05) is 38.4 Å². The van der Waals surface area contributed by atoms with Gasteiger partial charge in [-0.15, -0.1) is 0 Å². The number of halogens is 3. The van der Waals surface area contributed by atoms with Crippen molar-refractivity contribution in [3.63, 3.8) is 0 Å². The molecular formula is C37H41F3N6O7S. The average molecular weight is 771 g/mol. The second-order valence-corrected chi connectivity index (χ2v) is 16.9. The van der Waals surface area contributed by atoms with Gasteiger partial charge in [-0.05, 0) is 62.6 Å². The van der Waals surface area contributed by atoms with Crippen LogP contribution in [0.5, 0.6) is 5.88 Å². The van der Waals surface area contributed by atoms with Gasteiger partial charge in [-0.25, -0.2) is 18.4 Å². The molecule has 4 aliphatic rings. The number of ether oxygens (including phenoxy) is 1. The van der Waals surface area contributed by atoms with Crippen LogP contribution >= 0.6 is 0 Å². The normalized spacial score (nSPS) is 27.4. The number of amides is 2. The predicted molar refractivity (Wildman–Crippen MR) is 187 cm³/mol. The highest BCUT2D eigenvalue weighted by molar-refractivity contribution is 7.90. The number of nitrogens with zero attached hydrogens (tertiary/aromatic N) is 5. The van der Waals surface area contributed by atoms with E-state index in [1.54, 1.807) is 25.4 Å². The minimum absolute atomic E-state index is 0.00217. The molecule has 0 unspecified atom stereocenters. The highest BCUT2D eigenvalue weighted by Crippen LogP contribution is 2.57. The third-order valence-electron chi connectivity index (χ3n) is 10.8. The van der Waals surface area contributed by atoms with Crippen LogP contribution in [0.3, 0.4) is 0 Å². The van der Waals surface area contributed by atoms with Gasteiger partial charge in [-0.3, -0.25) is 28.6 Å². The Labute approximate surface area is 309 Å². The standard InChI is InChI=1S/C37H41F3N6O7S/c1-45-16-15-28(43-45)30(47)17-22-9-5-3-2-4-6-10-23-19-36(23,35(50)44-54(51,52)25-13-14-25)20-31(48)29-18-24(21-46(29)34(22)49)53-33-32(37(38,39)40)41-26-11-7-8-12-27(26)42-33/h6-8,10-12,15-16,22-25,29H,2-5,9,13-14,17-21H2,1H3,(H,44,50)/b10-6-/t22-,23-,24-,29+,36-/m1/s1. The fourth-order valence-corrected chi connectivity index (χ4v) is 9.01. The molecule has 288 valence electrons. The number of benzene rings is 1. The largest absolute Gasteiger partial charge is 0.471 e. The number of sulfonamides is 1. The van der Waals surface area contributed by atoms with Crippen LogP contribution in [0.4, 0.5) is 13.2 Å². The Kier molecular flexibility index (Phi) is 10.1. The fourth-order valence-electron chi connectivity index (χ4n) is 7.62. The topological polar surface area (TPSA) is 171 Å². The number of carbonyl (C=O) groups is 4. The molecule has 17 heteroatoms. The number of carbonyl (C=O) groups excluding carboxylic acids is 4. The van der Waals surface area contributed by atoms with E-state index in [0.29, 0.717) is 32.1 Å². The number of hydrogen-bond donors (Lipinski definition) is 1. The van der Waals surface area contributed by atoms with E-state index in [0.717, 1.165) is 12.8 Å². The summed E-state index contributed by atoms with van der Waals surface area (Å²) in [6.45, 7) is -0.298. The molecule has 1 N–H and O–H groups in total. The molecule has 3 fully saturated rings. The molecule has 54 heavy (non-hydrogen) atoms. The number of aromatic nitrogens is 4. The van der Waals surface area contributed by atoms with Gasteiger partial charge < -0.3 is 9.64 Å². The molecule has 4 heterocycles. The van der Waals surface area contributed by atoms with Gasteiger partial charge in [-0.1, -0.05) is 37.1 Å². The highest BCUT2D eigenvalue weighted by atomic mass is 32.2. The smallest absolute Gasteiger partial charge is 0.438 e. The van der Waals surface area contributed by atoms with Crippen molar-refractivity contribution in [2.45, 2.75) is 94.2 Å². The van der Waals surface area contributed by atoms with Gasteiger partial charge in [0.1, 0.15) is 11.8 Å². The third kappa shape index (κ3) is 7.91. The first-order valence-corrected chi connectivity index (χ1v) is 19.8. The first-order valence-electron chi connectivity index (χ1n) is 18.2. The summed E-state index contributed by atoms with van der Waals surface area (Å²) in [6.07, 6.45) is 2.55. The zero-order valence-corrected chi connectivity index (χ0v) is 30.4. The molecule has 2 aromatic heterocycles. The minimum atomic E-state index is -4.94. The second-order valence-electron chi connectivity index (χ2n) is 14.9. The Morgan fingerprint density at radius 2 is 1.78 bits per heavy atom. The number of Topliss-reactive ketones (excluding diaryl/α,β-unsaturated/α-hetero) is 2. The lowest BCUT2D eigenvalue weighted by Crippen LogP contribution is -2.46. The summed E-state index contributed by atoms with van der Waals surface area (Å²) in [5.74, 6) is -4.37. The van der Waals surface area contributed by atoms with Crippen molar-refractivity contribution in [3.8, 4) is 5.88 Å². The van der Waals surface area contributed by atoms with Gasteiger partial charge >= 0.3 is 6.18 Å². The SMILES string of the molecule is Cn1ccc(C(=O)C[C@H]2CCCCC/C=C\[C@@H]3C[C@@]3(C(=O)NS(=O)(=O)C3CC3)CC(=O)[C@@H]3C[C@@H](Oc4nc5ccccc5nc4C(F)(F)F)CN3C2=O)n1. The summed E-state index contributed by atoms with van der Waals surface area (Å²) in [6, 6.07) is 6.30. The van der Waals surface area contributed by atoms with E-state index in [1.807, 2.05) is 12.2 Å². The van der Waals surface area contributed by atoms with Crippen LogP contribution in [-0.4, -0.2) is 80.4 Å². The minimum Gasteiger partial charge on any atom is -0.471 e. The van der Waals surface area contributed by atoms with Gasteiger partial charge in [0.2, 0.25) is 33.4 Å². The Balaban J connectivity index is 1.22. The quantitative estimate of drug-likeness (QED) is 0.250. The summed E-state index contributed by atoms with van der Waals surface area (Å²) < 4.78 is 78.0. The van der Waals surface area contributed by atoms with E-state index in [9.17, 15) is 40.8 Å². The molecule has 0 radical (unpaired) electrons. The number of rotatable bonds is 8. The Bertz CT molecular complexity index is 2120. The average Bonchev–Trinajstić information content (AvgIpc) is 4.01. The number of alkyl halides is 3. The fraction of sp³-hybridized carbons (Fsp3) is 0.541. The number of allylic oxidation sites excluding steroid dienone is 2. The molecule has 7 rings (SSSR count). The maximum Gasteiger partial charge on any atom is 0.438 e. The van der Waals surface area contributed by atoms with E-state index in [1.165, 1.54) is 27.8 Å². The van der Waals surface area contributed by atoms with Crippen molar-refractivity contribution in [3.05, 3.63) is 60.1 Å². The molecule has 1 saturated heterocycles. The predicted octanol–water partition coefficient (Wildman–Crippen LogP) is 4.71. The maximum absolute atomic E-state index is 14.5. The molecule has 2 aliphatic carbocycles. The van der Waals surface area contributed by atoms with Crippen molar-refractivity contribution >= 4 is 44.4 Å². The van der Waals surface area contributed by atoms with E-state index in [-0.39, 0.29) is 48.3 Å².